The van der Waals surface area contributed by atoms with E-state index in [0.29, 0.717) is 0 Å². The van der Waals surface area contributed by atoms with Crippen LogP contribution in [0, 0.1) is 13.8 Å². The van der Waals surface area contributed by atoms with E-state index in [4.69, 9.17) is 5.73 Å². The number of aromatic nitrogens is 2. The summed E-state index contributed by atoms with van der Waals surface area (Å²) < 4.78 is 37.9. The zero-order valence-electron chi connectivity index (χ0n) is 11.0. The van der Waals surface area contributed by atoms with Gasteiger partial charge in [0.1, 0.15) is 0 Å². The summed E-state index contributed by atoms with van der Waals surface area (Å²) in [4.78, 5) is 0. The Morgan fingerprint density at radius 3 is 2.44 bits per heavy atom. The molecule has 0 radical (unpaired) electrons. The molecule has 1 aromatic rings. The van der Waals surface area contributed by atoms with E-state index in [9.17, 15) is 13.2 Å². The highest BCUT2D eigenvalue weighted by molar-refractivity contribution is 5.27. The zero-order valence-corrected chi connectivity index (χ0v) is 11.0. The summed E-state index contributed by atoms with van der Waals surface area (Å²) in [5, 5.41) is 4.27. The van der Waals surface area contributed by atoms with Crippen LogP contribution in [0.5, 0.6) is 0 Å². The molecule has 0 fully saturated rings. The zero-order chi connectivity index (χ0) is 13.9. The molecule has 0 spiro atoms. The third-order valence-electron chi connectivity index (χ3n) is 3.08. The number of rotatable bonds is 5. The monoisotopic (exact) mass is 263 g/mol. The highest BCUT2D eigenvalue weighted by Gasteiger charge is 2.26. The molecule has 3 nitrogen and oxygen atoms in total. The molecule has 0 aliphatic rings. The summed E-state index contributed by atoms with van der Waals surface area (Å²) in [5.41, 5.74) is 8.63. The molecule has 0 aliphatic heterocycles. The van der Waals surface area contributed by atoms with Gasteiger partial charge in [-0.3, -0.25) is 4.68 Å². The Morgan fingerprint density at radius 2 is 1.94 bits per heavy atom. The van der Waals surface area contributed by atoms with E-state index in [1.54, 1.807) is 4.68 Å². The van der Waals surface area contributed by atoms with Crippen LogP contribution in [0.1, 0.15) is 49.2 Å². The van der Waals surface area contributed by atoms with Crippen LogP contribution < -0.4 is 5.73 Å². The molecule has 6 heteroatoms. The second-order valence-corrected chi connectivity index (χ2v) is 4.54. The van der Waals surface area contributed by atoms with Crippen LogP contribution in [0.2, 0.25) is 0 Å². The molecule has 1 aromatic heterocycles. The van der Waals surface area contributed by atoms with Crippen LogP contribution in [-0.2, 0) is 6.54 Å². The van der Waals surface area contributed by atoms with Crippen molar-refractivity contribution < 1.29 is 13.2 Å². The first kappa shape index (κ1) is 15.0. The van der Waals surface area contributed by atoms with Gasteiger partial charge in [-0.25, -0.2) is 0 Å². The van der Waals surface area contributed by atoms with Crippen molar-refractivity contribution in [3.05, 3.63) is 17.0 Å². The van der Waals surface area contributed by atoms with Gasteiger partial charge in [0, 0.05) is 30.3 Å². The summed E-state index contributed by atoms with van der Waals surface area (Å²) in [6.07, 6.45) is -4.04. The van der Waals surface area contributed by atoms with Gasteiger partial charge < -0.3 is 5.73 Å². The maximum atomic E-state index is 12.1. The number of hydrogen-bond acceptors (Lipinski definition) is 2. The summed E-state index contributed by atoms with van der Waals surface area (Å²) in [6, 6.07) is -0.0960. The van der Waals surface area contributed by atoms with Gasteiger partial charge >= 0.3 is 6.18 Å². The lowest BCUT2D eigenvalue weighted by Crippen LogP contribution is -2.12. The Morgan fingerprint density at radius 1 is 1.33 bits per heavy atom. The Labute approximate surface area is 105 Å². The van der Waals surface area contributed by atoms with Gasteiger partial charge in [-0.15, -0.1) is 0 Å². The van der Waals surface area contributed by atoms with Crippen molar-refractivity contribution in [2.24, 2.45) is 5.73 Å². The van der Waals surface area contributed by atoms with Gasteiger partial charge in [0.15, 0.2) is 0 Å². The van der Waals surface area contributed by atoms with E-state index < -0.39 is 12.6 Å². The SMILES string of the molecule is CCC(N)c1c(C)nn(CCCC(F)(F)F)c1C. The van der Waals surface area contributed by atoms with Gasteiger partial charge in [-0.2, -0.15) is 18.3 Å². The summed E-state index contributed by atoms with van der Waals surface area (Å²) >= 11 is 0. The third-order valence-corrected chi connectivity index (χ3v) is 3.08. The summed E-state index contributed by atoms with van der Waals surface area (Å²) in [5.74, 6) is 0. The molecule has 0 bridgehead atoms. The van der Waals surface area contributed by atoms with Crippen molar-refractivity contribution in [3.63, 3.8) is 0 Å². The average Bonchev–Trinajstić information content (AvgIpc) is 2.52. The Hall–Kier alpha value is -1.04. The second kappa shape index (κ2) is 5.73. The normalized spacial score (nSPS) is 13.9. The highest BCUT2D eigenvalue weighted by Crippen LogP contribution is 2.24. The topological polar surface area (TPSA) is 43.8 Å². The van der Waals surface area contributed by atoms with Crippen LogP contribution in [-0.4, -0.2) is 16.0 Å². The number of aryl methyl sites for hydroxylation is 2. The minimum atomic E-state index is -4.10. The van der Waals surface area contributed by atoms with Crippen molar-refractivity contribution in [2.75, 3.05) is 0 Å². The number of alkyl halides is 3. The molecule has 18 heavy (non-hydrogen) atoms. The van der Waals surface area contributed by atoms with E-state index >= 15 is 0 Å². The van der Waals surface area contributed by atoms with Crippen LogP contribution in [0.15, 0.2) is 0 Å². The molecule has 1 unspecified atom stereocenters. The van der Waals surface area contributed by atoms with Crippen LogP contribution in [0.25, 0.3) is 0 Å². The molecule has 0 amide bonds. The summed E-state index contributed by atoms with van der Waals surface area (Å²) in [6.45, 7) is 5.96. The first-order valence-corrected chi connectivity index (χ1v) is 6.12. The highest BCUT2D eigenvalue weighted by atomic mass is 19.4. The Kier molecular flexibility index (Phi) is 4.78. The van der Waals surface area contributed by atoms with Gasteiger partial charge in [-0.1, -0.05) is 6.92 Å². The molecule has 2 N–H and O–H groups in total. The molecular weight excluding hydrogens is 243 g/mol. The molecule has 104 valence electrons. The largest absolute Gasteiger partial charge is 0.389 e. The maximum absolute atomic E-state index is 12.1. The molecule has 0 aliphatic carbocycles. The Balaban J connectivity index is 2.74. The minimum Gasteiger partial charge on any atom is -0.324 e. The van der Waals surface area contributed by atoms with Gasteiger partial charge in [0.2, 0.25) is 0 Å². The van der Waals surface area contributed by atoms with Crippen molar-refractivity contribution in [3.8, 4) is 0 Å². The van der Waals surface area contributed by atoms with Gasteiger partial charge in [0.25, 0.3) is 0 Å². The fraction of sp³-hybridized carbons (Fsp3) is 0.750. The number of halogens is 3. The molecule has 1 rings (SSSR count). The lowest BCUT2D eigenvalue weighted by Gasteiger charge is -2.10. The number of nitrogens with zero attached hydrogens (tertiary/aromatic N) is 2. The van der Waals surface area contributed by atoms with Crippen molar-refractivity contribution in [1.82, 2.24) is 9.78 Å². The molecule has 0 aromatic carbocycles. The first-order valence-electron chi connectivity index (χ1n) is 6.12. The maximum Gasteiger partial charge on any atom is 0.389 e. The number of hydrogen-bond donors (Lipinski definition) is 1. The lowest BCUT2D eigenvalue weighted by atomic mass is 10.0. The first-order chi connectivity index (χ1) is 8.26. The van der Waals surface area contributed by atoms with Crippen molar-refractivity contribution in [1.29, 1.82) is 0 Å². The molecule has 0 saturated heterocycles. The second-order valence-electron chi connectivity index (χ2n) is 4.54. The van der Waals surface area contributed by atoms with Crippen LogP contribution in [0.3, 0.4) is 0 Å². The van der Waals surface area contributed by atoms with E-state index in [0.717, 1.165) is 23.4 Å². The molecular formula is C12H20F3N3. The quantitative estimate of drug-likeness (QED) is 0.886. The molecule has 1 atom stereocenters. The number of nitrogens with two attached hydrogens (primary N) is 1. The predicted molar refractivity (Wildman–Crippen MR) is 64.2 cm³/mol. The predicted octanol–water partition coefficient (Wildman–Crippen LogP) is 3.25. The van der Waals surface area contributed by atoms with E-state index in [2.05, 4.69) is 5.10 Å². The fourth-order valence-corrected chi connectivity index (χ4v) is 2.10. The summed E-state index contributed by atoms with van der Waals surface area (Å²) in [7, 11) is 0. The van der Waals surface area contributed by atoms with Crippen LogP contribution >= 0.6 is 0 Å². The standard InChI is InChI=1S/C12H20F3N3/c1-4-10(16)11-8(2)17-18(9(11)3)7-5-6-12(13,14)15/h10H,4-7,16H2,1-3H3. The Bertz CT molecular complexity index is 396. The van der Waals surface area contributed by atoms with Crippen LogP contribution in [0.4, 0.5) is 13.2 Å². The van der Waals surface area contributed by atoms with Crippen molar-refractivity contribution >= 4 is 0 Å². The molecule has 0 saturated carbocycles. The van der Waals surface area contributed by atoms with E-state index in [-0.39, 0.29) is 19.0 Å². The minimum absolute atomic E-state index is 0.0479. The lowest BCUT2D eigenvalue weighted by molar-refractivity contribution is -0.136. The fourth-order valence-electron chi connectivity index (χ4n) is 2.10. The smallest absolute Gasteiger partial charge is 0.324 e. The average molecular weight is 263 g/mol. The van der Waals surface area contributed by atoms with E-state index in [1.807, 2.05) is 20.8 Å². The third kappa shape index (κ3) is 3.73. The van der Waals surface area contributed by atoms with E-state index in [1.165, 1.54) is 0 Å². The van der Waals surface area contributed by atoms with Crippen molar-refractivity contribution in [2.45, 2.75) is 58.8 Å². The molecule has 1 heterocycles. The van der Waals surface area contributed by atoms with Gasteiger partial charge in [0.05, 0.1) is 5.69 Å². The van der Waals surface area contributed by atoms with Gasteiger partial charge in [-0.05, 0) is 26.7 Å².